The van der Waals surface area contributed by atoms with Gasteiger partial charge >= 0.3 is 0 Å². The molecule has 3 heteroatoms. The van der Waals surface area contributed by atoms with Gasteiger partial charge in [0.2, 0.25) is 0 Å². The number of benzene rings is 1. The zero-order valence-corrected chi connectivity index (χ0v) is 10.1. The number of nitrogens with zero attached hydrogens (tertiary/aromatic N) is 2. The summed E-state index contributed by atoms with van der Waals surface area (Å²) >= 11 is 0. The number of nitriles is 1. The van der Waals surface area contributed by atoms with E-state index < -0.39 is 0 Å². The highest BCUT2D eigenvalue weighted by Gasteiger charge is 2.33. The van der Waals surface area contributed by atoms with Gasteiger partial charge in [-0.25, -0.2) is 0 Å². The van der Waals surface area contributed by atoms with Crippen LogP contribution >= 0.6 is 0 Å². The predicted molar refractivity (Wildman–Crippen MR) is 69.2 cm³/mol. The van der Waals surface area contributed by atoms with Crippen LogP contribution in [0.4, 0.5) is 11.4 Å². The van der Waals surface area contributed by atoms with Gasteiger partial charge in [-0.3, -0.25) is 0 Å². The molecular weight excluding hydrogens is 210 g/mol. The summed E-state index contributed by atoms with van der Waals surface area (Å²) in [5.74, 6) is 0. The first-order chi connectivity index (χ1) is 8.29. The van der Waals surface area contributed by atoms with Gasteiger partial charge < -0.3 is 10.2 Å². The molecule has 1 N–H and O–H groups in total. The van der Waals surface area contributed by atoms with E-state index in [1.165, 1.54) is 31.4 Å². The molecule has 1 aromatic rings. The Bertz CT molecular complexity index is 475. The average molecular weight is 227 g/mol. The van der Waals surface area contributed by atoms with E-state index >= 15 is 0 Å². The number of nitrogens with one attached hydrogen (secondary N) is 1. The molecule has 0 bridgehead atoms. The van der Waals surface area contributed by atoms with E-state index in [2.05, 4.69) is 29.4 Å². The Kier molecular flexibility index (Phi) is 2.44. The summed E-state index contributed by atoms with van der Waals surface area (Å²) in [6, 6.07) is 9.30. The van der Waals surface area contributed by atoms with Gasteiger partial charge in [0.25, 0.3) is 0 Å². The SMILES string of the molecule is CN1c2ccc(C#N)cc2NC2CCCCC21. The predicted octanol–water partition coefficient (Wildman–Crippen LogP) is 2.73. The summed E-state index contributed by atoms with van der Waals surface area (Å²) in [5.41, 5.74) is 3.08. The second-order valence-corrected chi connectivity index (χ2v) is 5.06. The van der Waals surface area contributed by atoms with Crippen molar-refractivity contribution >= 4 is 11.4 Å². The highest BCUT2D eigenvalue weighted by atomic mass is 15.2. The molecule has 2 atom stereocenters. The Balaban J connectivity index is 2.00. The number of fused-ring (bicyclic) bond motifs is 2. The number of rotatable bonds is 0. The van der Waals surface area contributed by atoms with Gasteiger partial charge in [-0.05, 0) is 31.0 Å². The highest BCUT2D eigenvalue weighted by molar-refractivity contribution is 5.75. The third-order valence-electron chi connectivity index (χ3n) is 4.07. The molecule has 1 aliphatic heterocycles. The summed E-state index contributed by atoms with van der Waals surface area (Å²) in [4.78, 5) is 2.39. The van der Waals surface area contributed by atoms with E-state index in [1.54, 1.807) is 0 Å². The van der Waals surface area contributed by atoms with Crippen LogP contribution in [-0.2, 0) is 0 Å². The zero-order valence-electron chi connectivity index (χ0n) is 10.1. The lowest BCUT2D eigenvalue weighted by molar-refractivity contribution is 0.385. The fraction of sp³-hybridized carbons (Fsp3) is 0.500. The Morgan fingerprint density at radius 3 is 3.00 bits per heavy atom. The largest absolute Gasteiger partial charge is 0.379 e. The summed E-state index contributed by atoms with van der Waals surface area (Å²) in [7, 11) is 2.18. The minimum Gasteiger partial charge on any atom is -0.379 e. The van der Waals surface area contributed by atoms with E-state index in [0.717, 1.165) is 11.3 Å². The van der Waals surface area contributed by atoms with Crippen LogP contribution in [0.25, 0.3) is 0 Å². The number of hydrogen-bond acceptors (Lipinski definition) is 3. The molecule has 3 nitrogen and oxygen atoms in total. The molecule has 1 aliphatic carbocycles. The minimum absolute atomic E-state index is 0.551. The van der Waals surface area contributed by atoms with Gasteiger partial charge in [-0.15, -0.1) is 0 Å². The zero-order chi connectivity index (χ0) is 11.8. The summed E-state index contributed by atoms with van der Waals surface area (Å²) < 4.78 is 0. The molecule has 1 fully saturated rings. The fourth-order valence-corrected chi connectivity index (χ4v) is 3.15. The summed E-state index contributed by atoms with van der Waals surface area (Å²) in [6.45, 7) is 0. The van der Waals surface area contributed by atoms with E-state index in [4.69, 9.17) is 5.26 Å². The lowest BCUT2D eigenvalue weighted by atomic mass is 9.87. The maximum Gasteiger partial charge on any atom is 0.0992 e. The first-order valence-electron chi connectivity index (χ1n) is 6.33. The third kappa shape index (κ3) is 1.64. The van der Waals surface area contributed by atoms with E-state index in [0.29, 0.717) is 12.1 Å². The van der Waals surface area contributed by atoms with E-state index in [1.807, 2.05) is 12.1 Å². The molecule has 2 unspecified atom stereocenters. The fourth-order valence-electron chi connectivity index (χ4n) is 3.15. The van der Waals surface area contributed by atoms with Gasteiger partial charge in [0, 0.05) is 19.1 Å². The standard InChI is InChI=1S/C14H17N3/c1-17-13-5-3-2-4-11(13)16-12-8-10(9-15)6-7-14(12)17/h6-8,11,13,16H,2-5H2,1H3. The van der Waals surface area contributed by atoms with Crippen LogP contribution in [0.2, 0.25) is 0 Å². The quantitative estimate of drug-likeness (QED) is 0.740. The molecule has 1 heterocycles. The molecular formula is C14H17N3. The van der Waals surface area contributed by atoms with Gasteiger partial charge in [0.05, 0.1) is 23.0 Å². The van der Waals surface area contributed by atoms with Crippen LogP contribution in [0.15, 0.2) is 18.2 Å². The van der Waals surface area contributed by atoms with Crippen molar-refractivity contribution < 1.29 is 0 Å². The molecule has 1 saturated carbocycles. The van der Waals surface area contributed by atoms with Gasteiger partial charge in [-0.1, -0.05) is 12.8 Å². The molecule has 0 aromatic heterocycles. The van der Waals surface area contributed by atoms with Crippen molar-refractivity contribution in [1.29, 1.82) is 5.26 Å². The number of anilines is 2. The monoisotopic (exact) mass is 227 g/mol. The second kappa shape index (κ2) is 3.96. The summed E-state index contributed by atoms with van der Waals surface area (Å²) in [5, 5.41) is 12.6. The van der Waals surface area contributed by atoms with Crippen molar-refractivity contribution in [2.75, 3.05) is 17.3 Å². The molecule has 88 valence electrons. The van der Waals surface area contributed by atoms with Gasteiger partial charge in [-0.2, -0.15) is 5.26 Å². The first kappa shape index (κ1) is 10.5. The Morgan fingerprint density at radius 2 is 2.18 bits per heavy atom. The van der Waals surface area contributed by atoms with Crippen LogP contribution in [0.5, 0.6) is 0 Å². The lowest BCUT2D eigenvalue weighted by Gasteiger charge is -2.45. The molecule has 0 radical (unpaired) electrons. The molecule has 1 aromatic carbocycles. The van der Waals surface area contributed by atoms with Gasteiger partial charge in [0.1, 0.15) is 0 Å². The number of hydrogen-bond donors (Lipinski definition) is 1. The molecule has 0 amide bonds. The van der Waals surface area contributed by atoms with Crippen LogP contribution in [0.3, 0.4) is 0 Å². The van der Waals surface area contributed by atoms with E-state index in [-0.39, 0.29) is 0 Å². The van der Waals surface area contributed by atoms with Crippen molar-refractivity contribution in [3.8, 4) is 6.07 Å². The number of likely N-dealkylation sites (N-methyl/N-ethyl adjacent to an activating group) is 1. The average Bonchev–Trinajstić information content (AvgIpc) is 2.38. The minimum atomic E-state index is 0.551. The maximum atomic E-state index is 8.95. The topological polar surface area (TPSA) is 39.1 Å². The Morgan fingerprint density at radius 1 is 1.35 bits per heavy atom. The Hall–Kier alpha value is -1.69. The molecule has 0 spiro atoms. The van der Waals surface area contributed by atoms with Crippen molar-refractivity contribution in [1.82, 2.24) is 0 Å². The van der Waals surface area contributed by atoms with Crippen LogP contribution in [-0.4, -0.2) is 19.1 Å². The van der Waals surface area contributed by atoms with Crippen LogP contribution in [0.1, 0.15) is 31.2 Å². The van der Waals surface area contributed by atoms with Crippen molar-refractivity contribution in [3.05, 3.63) is 23.8 Å². The molecule has 0 saturated heterocycles. The van der Waals surface area contributed by atoms with Crippen molar-refractivity contribution in [3.63, 3.8) is 0 Å². The molecule has 2 aliphatic rings. The highest BCUT2D eigenvalue weighted by Crippen LogP contribution is 2.38. The Labute approximate surface area is 102 Å². The van der Waals surface area contributed by atoms with Crippen LogP contribution < -0.4 is 10.2 Å². The molecule has 17 heavy (non-hydrogen) atoms. The van der Waals surface area contributed by atoms with Gasteiger partial charge in [0.15, 0.2) is 0 Å². The summed E-state index contributed by atoms with van der Waals surface area (Å²) in [6.07, 6.45) is 5.16. The van der Waals surface area contributed by atoms with Crippen molar-refractivity contribution in [2.24, 2.45) is 0 Å². The smallest absolute Gasteiger partial charge is 0.0992 e. The maximum absolute atomic E-state index is 8.95. The van der Waals surface area contributed by atoms with Crippen LogP contribution in [0, 0.1) is 11.3 Å². The first-order valence-corrected chi connectivity index (χ1v) is 6.33. The normalized spacial score (nSPS) is 26.5. The second-order valence-electron chi connectivity index (χ2n) is 5.06. The third-order valence-corrected chi connectivity index (χ3v) is 4.07. The lowest BCUT2D eigenvalue weighted by Crippen LogP contribution is -2.50. The van der Waals surface area contributed by atoms with Crippen molar-refractivity contribution in [2.45, 2.75) is 37.8 Å². The molecule has 3 rings (SSSR count). The van der Waals surface area contributed by atoms with E-state index in [9.17, 15) is 0 Å².